The van der Waals surface area contributed by atoms with Gasteiger partial charge in [-0.2, -0.15) is 8.42 Å². The van der Waals surface area contributed by atoms with Crippen LogP contribution in [0.25, 0.3) is 0 Å². The van der Waals surface area contributed by atoms with Crippen LogP contribution in [0.3, 0.4) is 0 Å². The van der Waals surface area contributed by atoms with E-state index in [-0.39, 0.29) is 28.1 Å². The fraction of sp³-hybridized carbons (Fsp3) is 0.333. The first-order valence-electron chi connectivity index (χ1n) is 9.84. The molecule has 7 nitrogen and oxygen atoms in total. The zero-order valence-electron chi connectivity index (χ0n) is 17.1. The molecule has 2 heterocycles. The molecule has 0 bridgehead atoms. The highest BCUT2D eigenvalue weighted by Gasteiger charge is 2.34. The molecule has 2 aromatic carbocycles. The number of anilines is 2. The molecule has 1 N–H and O–H groups in total. The molecule has 0 unspecified atom stereocenters. The summed E-state index contributed by atoms with van der Waals surface area (Å²) in [7, 11) is -0.633. The molecule has 1 fully saturated rings. The molecule has 2 aromatic rings. The van der Waals surface area contributed by atoms with Crippen molar-refractivity contribution in [2.24, 2.45) is 10.3 Å². The van der Waals surface area contributed by atoms with Gasteiger partial charge in [0.2, 0.25) is 5.91 Å². The Bertz CT molecular complexity index is 1150. The molecule has 31 heavy (non-hydrogen) atoms. The lowest BCUT2D eigenvalue weighted by molar-refractivity contribution is -0.120. The number of carbonyl (C=O) groups excluding carboxylic acids is 1. The number of amidine groups is 1. The van der Waals surface area contributed by atoms with Crippen LogP contribution >= 0.6 is 0 Å². The summed E-state index contributed by atoms with van der Waals surface area (Å²) >= 11 is 0. The maximum Gasteiger partial charge on any atom is 0.285 e. The first kappa shape index (κ1) is 21.2. The first-order chi connectivity index (χ1) is 14.7. The molecule has 164 valence electrons. The van der Waals surface area contributed by atoms with Gasteiger partial charge in [-0.05, 0) is 37.1 Å². The van der Waals surface area contributed by atoms with E-state index in [9.17, 15) is 22.0 Å². The summed E-state index contributed by atoms with van der Waals surface area (Å²) in [5, 5.41) is 2.59. The van der Waals surface area contributed by atoms with E-state index in [4.69, 9.17) is 0 Å². The Kier molecular flexibility index (Phi) is 5.42. The van der Waals surface area contributed by atoms with Gasteiger partial charge in [-0.15, -0.1) is 4.40 Å². The summed E-state index contributed by atoms with van der Waals surface area (Å²) in [6.07, 6.45) is 0.932. The fourth-order valence-electron chi connectivity index (χ4n) is 3.98. The minimum Gasteiger partial charge on any atom is -0.373 e. The number of sulfonamides is 1. The van der Waals surface area contributed by atoms with Crippen molar-refractivity contribution in [2.45, 2.75) is 17.7 Å². The van der Waals surface area contributed by atoms with Gasteiger partial charge in [0, 0.05) is 44.4 Å². The van der Waals surface area contributed by atoms with Crippen molar-refractivity contribution in [1.82, 2.24) is 4.90 Å². The summed E-state index contributed by atoms with van der Waals surface area (Å²) in [5.74, 6) is -1.79. The average Bonchev–Trinajstić information content (AvgIpc) is 2.98. The first-order valence-corrected chi connectivity index (χ1v) is 11.3. The van der Waals surface area contributed by atoms with Crippen molar-refractivity contribution in [3.8, 4) is 0 Å². The maximum atomic E-state index is 14.2. The van der Waals surface area contributed by atoms with Crippen LogP contribution in [0.1, 0.15) is 18.4 Å². The Labute approximate surface area is 179 Å². The second kappa shape index (κ2) is 7.92. The summed E-state index contributed by atoms with van der Waals surface area (Å²) in [6, 6.07) is 8.86. The lowest BCUT2D eigenvalue weighted by atomic mass is 9.95. The topological polar surface area (TPSA) is 82.1 Å². The van der Waals surface area contributed by atoms with E-state index in [0.717, 1.165) is 12.1 Å². The van der Waals surface area contributed by atoms with Crippen molar-refractivity contribution in [3.05, 3.63) is 53.6 Å². The van der Waals surface area contributed by atoms with E-state index in [2.05, 4.69) is 9.71 Å². The molecular weight excluding hydrogens is 426 g/mol. The third-order valence-electron chi connectivity index (χ3n) is 5.51. The van der Waals surface area contributed by atoms with Gasteiger partial charge in [-0.1, -0.05) is 12.1 Å². The zero-order chi connectivity index (χ0) is 22.3. The molecule has 0 aromatic heterocycles. The number of hydrogen-bond donors (Lipinski definition) is 1. The highest BCUT2D eigenvalue weighted by atomic mass is 32.2. The molecule has 0 aliphatic carbocycles. The lowest BCUT2D eigenvalue weighted by Crippen LogP contribution is -2.41. The van der Waals surface area contributed by atoms with Crippen molar-refractivity contribution >= 4 is 33.1 Å². The third-order valence-corrected chi connectivity index (χ3v) is 6.83. The van der Waals surface area contributed by atoms with Crippen LogP contribution in [0.4, 0.5) is 20.2 Å². The number of nitrogens with one attached hydrogen (secondary N) is 1. The van der Waals surface area contributed by atoms with Crippen LogP contribution in [0, 0.1) is 17.6 Å². The Balaban J connectivity index is 1.43. The third kappa shape index (κ3) is 3.99. The van der Waals surface area contributed by atoms with E-state index < -0.39 is 21.7 Å². The predicted molar refractivity (Wildman–Crippen MR) is 114 cm³/mol. The molecule has 4 rings (SSSR count). The molecule has 0 radical (unpaired) electrons. The smallest absolute Gasteiger partial charge is 0.285 e. The monoisotopic (exact) mass is 448 g/mol. The molecule has 10 heteroatoms. The minimum atomic E-state index is -3.70. The van der Waals surface area contributed by atoms with E-state index in [1.54, 1.807) is 18.2 Å². The summed E-state index contributed by atoms with van der Waals surface area (Å²) in [4.78, 5) is 16.0. The van der Waals surface area contributed by atoms with E-state index in [1.165, 1.54) is 25.1 Å². The van der Waals surface area contributed by atoms with E-state index >= 15 is 0 Å². The number of hydrogen-bond acceptors (Lipinski definition) is 5. The number of amides is 1. The van der Waals surface area contributed by atoms with E-state index in [0.29, 0.717) is 37.3 Å². The van der Waals surface area contributed by atoms with Gasteiger partial charge in [0.25, 0.3) is 10.0 Å². The van der Waals surface area contributed by atoms with Gasteiger partial charge in [-0.3, -0.25) is 4.79 Å². The Morgan fingerprint density at radius 1 is 1.13 bits per heavy atom. The SMILES string of the molecule is CN(C)c1c(F)cc(NC(=O)C2CCN(C3=NS(=O)(=O)c4ccccc43)CC2)cc1F. The molecule has 0 saturated carbocycles. The van der Waals surface area contributed by atoms with Gasteiger partial charge in [-0.25, -0.2) is 8.78 Å². The Morgan fingerprint density at radius 2 is 1.74 bits per heavy atom. The quantitative estimate of drug-likeness (QED) is 0.781. The number of rotatable bonds is 3. The normalized spacial score (nSPS) is 17.8. The van der Waals surface area contributed by atoms with Crippen molar-refractivity contribution < 1.29 is 22.0 Å². The number of benzene rings is 2. The van der Waals surface area contributed by atoms with Crippen molar-refractivity contribution in [2.75, 3.05) is 37.4 Å². The lowest BCUT2D eigenvalue weighted by Gasteiger charge is -2.32. The molecular formula is C21H22F2N4O3S. The van der Waals surface area contributed by atoms with Crippen LogP contribution in [-0.2, 0) is 14.8 Å². The van der Waals surface area contributed by atoms with Crippen LogP contribution in [0.5, 0.6) is 0 Å². The number of carbonyl (C=O) groups is 1. The summed E-state index contributed by atoms with van der Waals surface area (Å²) < 4.78 is 56.8. The Morgan fingerprint density at radius 3 is 2.35 bits per heavy atom. The Hall–Kier alpha value is -3.01. The maximum absolute atomic E-state index is 14.2. The van der Waals surface area contributed by atoms with Gasteiger partial charge >= 0.3 is 0 Å². The van der Waals surface area contributed by atoms with E-state index in [1.807, 2.05) is 4.90 Å². The number of nitrogens with zero attached hydrogens (tertiary/aromatic N) is 3. The second-order valence-corrected chi connectivity index (χ2v) is 9.39. The fourth-order valence-corrected chi connectivity index (χ4v) is 5.21. The molecule has 1 saturated heterocycles. The predicted octanol–water partition coefficient (Wildman–Crippen LogP) is 2.83. The van der Waals surface area contributed by atoms with Crippen molar-refractivity contribution in [3.63, 3.8) is 0 Å². The molecule has 2 aliphatic rings. The van der Waals surface area contributed by atoms with Crippen LogP contribution in [0.2, 0.25) is 0 Å². The highest BCUT2D eigenvalue weighted by Crippen LogP contribution is 2.30. The number of fused-ring (bicyclic) bond motifs is 1. The standard InChI is InChI=1S/C21H22F2N4O3S/c1-26(2)19-16(22)11-14(12-17(19)23)24-21(28)13-7-9-27(10-8-13)20-15-5-3-4-6-18(15)31(29,30)25-20/h3-6,11-13H,7-10H2,1-2H3,(H,24,28). The molecule has 0 spiro atoms. The highest BCUT2D eigenvalue weighted by molar-refractivity contribution is 7.90. The summed E-state index contributed by atoms with van der Waals surface area (Å²) in [6.45, 7) is 0.895. The van der Waals surface area contributed by atoms with Gasteiger partial charge in [0.1, 0.15) is 10.6 Å². The second-order valence-electron chi connectivity index (χ2n) is 7.82. The van der Waals surface area contributed by atoms with Gasteiger partial charge in [0.05, 0.1) is 0 Å². The largest absolute Gasteiger partial charge is 0.373 e. The van der Waals surface area contributed by atoms with Gasteiger partial charge < -0.3 is 15.1 Å². The number of likely N-dealkylation sites (tertiary alicyclic amines) is 1. The minimum absolute atomic E-state index is 0.0632. The van der Waals surface area contributed by atoms with Crippen LogP contribution in [0.15, 0.2) is 45.7 Å². The van der Waals surface area contributed by atoms with Gasteiger partial charge in [0.15, 0.2) is 17.5 Å². The molecule has 2 aliphatic heterocycles. The molecule has 0 atom stereocenters. The van der Waals surface area contributed by atoms with Crippen LogP contribution < -0.4 is 10.2 Å². The van der Waals surface area contributed by atoms with Crippen molar-refractivity contribution in [1.29, 1.82) is 0 Å². The average molecular weight is 448 g/mol. The summed E-state index contributed by atoms with van der Waals surface area (Å²) in [5.41, 5.74) is 0.462. The zero-order valence-corrected chi connectivity index (χ0v) is 17.9. The number of halogens is 2. The molecule has 1 amide bonds. The number of piperidine rings is 1. The van der Waals surface area contributed by atoms with Crippen LogP contribution in [-0.4, -0.2) is 52.2 Å².